The van der Waals surface area contributed by atoms with Gasteiger partial charge >= 0.3 is 0 Å². The Morgan fingerprint density at radius 2 is 2.29 bits per heavy atom. The van der Waals surface area contributed by atoms with Crippen molar-refractivity contribution in [1.29, 1.82) is 0 Å². The van der Waals surface area contributed by atoms with Gasteiger partial charge in [-0.15, -0.1) is 0 Å². The van der Waals surface area contributed by atoms with Gasteiger partial charge in [-0.1, -0.05) is 6.92 Å². The number of hydrogen-bond donors (Lipinski definition) is 1. The summed E-state index contributed by atoms with van der Waals surface area (Å²) in [6, 6.07) is 2.07. The third-order valence-electron chi connectivity index (χ3n) is 2.45. The molecular formula is C12H15BrN4. The molecule has 90 valence electrons. The number of hydrogen-bond acceptors (Lipinski definition) is 3. The standard InChI is InChI=1S/C12H15BrN4/c1-2-14-8-12-16-3-4-17(12)9-10-5-11(13)7-15-6-10/h3-7,14H,2,8-9H2,1H3. The lowest BCUT2D eigenvalue weighted by molar-refractivity contribution is 0.639. The summed E-state index contributed by atoms with van der Waals surface area (Å²) in [5.74, 6) is 1.05. The van der Waals surface area contributed by atoms with E-state index >= 15 is 0 Å². The molecule has 2 aromatic heterocycles. The molecule has 0 aliphatic heterocycles. The highest BCUT2D eigenvalue weighted by Crippen LogP contribution is 2.11. The lowest BCUT2D eigenvalue weighted by Crippen LogP contribution is -2.16. The number of rotatable bonds is 5. The van der Waals surface area contributed by atoms with Gasteiger partial charge in [0, 0.05) is 29.3 Å². The summed E-state index contributed by atoms with van der Waals surface area (Å²) in [7, 11) is 0. The molecule has 0 aliphatic carbocycles. The predicted octanol–water partition coefficient (Wildman–Crippen LogP) is 2.20. The molecule has 2 heterocycles. The summed E-state index contributed by atoms with van der Waals surface area (Å²) in [6.07, 6.45) is 7.49. The van der Waals surface area contributed by atoms with E-state index in [4.69, 9.17) is 0 Å². The molecule has 0 bridgehead atoms. The first-order valence-corrected chi connectivity index (χ1v) is 6.39. The van der Waals surface area contributed by atoms with Gasteiger partial charge in [0.05, 0.1) is 13.1 Å². The highest BCUT2D eigenvalue weighted by Gasteiger charge is 2.03. The van der Waals surface area contributed by atoms with Crippen LogP contribution in [-0.2, 0) is 13.1 Å². The fourth-order valence-electron chi connectivity index (χ4n) is 1.63. The third-order valence-corrected chi connectivity index (χ3v) is 2.88. The average molecular weight is 295 g/mol. The molecular weight excluding hydrogens is 280 g/mol. The van der Waals surface area contributed by atoms with Crippen LogP contribution in [0, 0.1) is 0 Å². The van der Waals surface area contributed by atoms with Gasteiger partial charge < -0.3 is 9.88 Å². The zero-order chi connectivity index (χ0) is 12.1. The monoisotopic (exact) mass is 294 g/mol. The number of aromatic nitrogens is 3. The Morgan fingerprint density at radius 3 is 3.06 bits per heavy atom. The van der Waals surface area contributed by atoms with E-state index in [1.807, 2.05) is 18.6 Å². The van der Waals surface area contributed by atoms with Crippen molar-refractivity contribution in [3.8, 4) is 0 Å². The van der Waals surface area contributed by atoms with Crippen LogP contribution in [0.2, 0.25) is 0 Å². The molecule has 0 aromatic carbocycles. The highest BCUT2D eigenvalue weighted by atomic mass is 79.9. The Morgan fingerprint density at radius 1 is 1.41 bits per heavy atom. The van der Waals surface area contributed by atoms with Crippen molar-refractivity contribution in [3.05, 3.63) is 46.7 Å². The minimum absolute atomic E-state index is 0.797. The molecule has 0 saturated heterocycles. The fourth-order valence-corrected chi connectivity index (χ4v) is 2.04. The second-order valence-electron chi connectivity index (χ2n) is 3.76. The van der Waals surface area contributed by atoms with Gasteiger partial charge in [-0.2, -0.15) is 0 Å². The van der Waals surface area contributed by atoms with E-state index < -0.39 is 0 Å². The molecule has 1 N–H and O–H groups in total. The van der Waals surface area contributed by atoms with Crippen molar-refractivity contribution in [2.24, 2.45) is 0 Å². The van der Waals surface area contributed by atoms with Crippen LogP contribution in [0.5, 0.6) is 0 Å². The van der Waals surface area contributed by atoms with Crippen LogP contribution in [0.3, 0.4) is 0 Å². The van der Waals surface area contributed by atoms with Crippen LogP contribution < -0.4 is 5.32 Å². The Balaban J connectivity index is 2.10. The number of nitrogens with one attached hydrogen (secondary N) is 1. The maximum absolute atomic E-state index is 4.34. The third kappa shape index (κ3) is 3.38. The minimum Gasteiger partial charge on any atom is -0.329 e. The predicted molar refractivity (Wildman–Crippen MR) is 70.6 cm³/mol. The Bertz CT molecular complexity index is 481. The van der Waals surface area contributed by atoms with Gasteiger partial charge in [0.25, 0.3) is 0 Å². The molecule has 0 unspecified atom stereocenters. The molecule has 0 amide bonds. The first kappa shape index (κ1) is 12.3. The van der Waals surface area contributed by atoms with Gasteiger partial charge in [-0.25, -0.2) is 4.98 Å². The molecule has 0 radical (unpaired) electrons. The van der Waals surface area contributed by atoms with Gasteiger partial charge in [-0.3, -0.25) is 4.98 Å². The lowest BCUT2D eigenvalue weighted by Gasteiger charge is -2.08. The van der Waals surface area contributed by atoms with Crippen LogP contribution in [0.15, 0.2) is 35.3 Å². The van der Waals surface area contributed by atoms with Crippen molar-refractivity contribution in [2.75, 3.05) is 6.54 Å². The maximum atomic E-state index is 4.34. The van der Waals surface area contributed by atoms with Crippen molar-refractivity contribution in [1.82, 2.24) is 19.9 Å². The zero-order valence-corrected chi connectivity index (χ0v) is 11.3. The molecule has 5 heteroatoms. The lowest BCUT2D eigenvalue weighted by atomic mass is 10.3. The first-order valence-electron chi connectivity index (χ1n) is 5.59. The van der Waals surface area contributed by atoms with E-state index in [1.165, 1.54) is 0 Å². The molecule has 0 fully saturated rings. The highest BCUT2D eigenvalue weighted by molar-refractivity contribution is 9.10. The van der Waals surface area contributed by atoms with E-state index in [0.29, 0.717) is 0 Å². The average Bonchev–Trinajstić information content (AvgIpc) is 2.74. The second-order valence-corrected chi connectivity index (χ2v) is 4.68. The van der Waals surface area contributed by atoms with Crippen LogP contribution in [0.1, 0.15) is 18.3 Å². The van der Waals surface area contributed by atoms with Crippen LogP contribution >= 0.6 is 15.9 Å². The Labute approximate surface area is 109 Å². The largest absolute Gasteiger partial charge is 0.329 e. The Kier molecular flexibility index (Phi) is 4.28. The number of nitrogens with zero attached hydrogens (tertiary/aromatic N) is 3. The topological polar surface area (TPSA) is 42.7 Å². The van der Waals surface area contributed by atoms with Crippen LogP contribution in [0.4, 0.5) is 0 Å². The zero-order valence-electron chi connectivity index (χ0n) is 9.73. The van der Waals surface area contributed by atoms with Crippen molar-refractivity contribution >= 4 is 15.9 Å². The number of halogens is 1. The molecule has 17 heavy (non-hydrogen) atoms. The van der Waals surface area contributed by atoms with E-state index in [-0.39, 0.29) is 0 Å². The quantitative estimate of drug-likeness (QED) is 0.919. The van der Waals surface area contributed by atoms with Crippen molar-refractivity contribution < 1.29 is 0 Å². The molecule has 4 nitrogen and oxygen atoms in total. The van der Waals surface area contributed by atoms with Crippen LogP contribution in [0.25, 0.3) is 0 Å². The fraction of sp³-hybridized carbons (Fsp3) is 0.333. The van der Waals surface area contributed by atoms with Crippen LogP contribution in [-0.4, -0.2) is 21.1 Å². The van der Waals surface area contributed by atoms with Gasteiger partial charge in [0.15, 0.2) is 0 Å². The van der Waals surface area contributed by atoms with E-state index in [1.54, 1.807) is 6.20 Å². The summed E-state index contributed by atoms with van der Waals surface area (Å²) in [5, 5.41) is 3.28. The van der Waals surface area contributed by atoms with Gasteiger partial charge in [0.2, 0.25) is 0 Å². The SMILES string of the molecule is CCNCc1nccn1Cc1cncc(Br)c1. The summed E-state index contributed by atoms with van der Waals surface area (Å²) in [5.41, 5.74) is 1.16. The summed E-state index contributed by atoms with van der Waals surface area (Å²) in [6.45, 7) is 4.63. The maximum Gasteiger partial charge on any atom is 0.122 e. The summed E-state index contributed by atoms with van der Waals surface area (Å²) < 4.78 is 3.13. The number of pyridine rings is 1. The normalized spacial score (nSPS) is 10.7. The summed E-state index contributed by atoms with van der Waals surface area (Å²) >= 11 is 3.43. The van der Waals surface area contributed by atoms with Crippen molar-refractivity contribution in [3.63, 3.8) is 0 Å². The van der Waals surface area contributed by atoms with Crippen molar-refractivity contribution in [2.45, 2.75) is 20.0 Å². The second kappa shape index (κ2) is 5.93. The van der Waals surface area contributed by atoms with Gasteiger partial charge in [0.1, 0.15) is 5.82 Å². The molecule has 0 spiro atoms. The first-order chi connectivity index (χ1) is 8.29. The molecule has 2 aromatic rings. The van der Waals surface area contributed by atoms with E-state index in [2.05, 4.69) is 48.8 Å². The molecule has 0 saturated carbocycles. The van der Waals surface area contributed by atoms with E-state index in [9.17, 15) is 0 Å². The minimum atomic E-state index is 0.797. The molecule has 0 aliphatic rings. The molecule has 0 atom stereocenters. The molecule has 2 rings (SSSR count). The summed E-state index contributed by atoms with van der Waals surface area (Å²) in [4.78, 5) is 8.50. The van der Waals surface area contributed by atoms with E-state index in [0.717, 1.165) is 35.5 Å². The van der Waals surface area contributed by atoms with Gasteiger partial charge in [-0.05, 0) is 34.1 Å². The smallest absolute Gasteiger partial charge is 0.122 e. The Hall–Kier alpha value is -1.20. The number of imidazole rings is 1.